The fourth-order valence-corrected chi connectivity index (χ4v) is 2.08. The third-order valence-electron chi connectivity index (χ3n) is 3.18. The van der Waals surface area contributed by atoms with Crippen molar-refractivity contribution in [1.29, 1.82) is 0 Å². The van der Waals surface area contributed by atoms with Gasteiger partial charge in [-0.2, -0.15) is 5.10 Å². The van der Waals surface area contributed by atoms with Crippen LogP contribution in [-0.2, 0) is 12.6 Å². The average molecular weight is 288 g/mol. The molecule has 2 rings (SSSR count). The second-order valence-electron chi connectivity index (χ2n) is 5.39. The highest BCUT2D eigenvalue weighted by Crippen LogP contribution is 2.23. The molecular formula is C16H20N2O3. The van der Waals surface area contributed by atoms with Gasteiger partial charge in [0.05, 0.1) is 23.5 Å². The highest BCUT2D eigenvalue weighted by molar-refractivity contribution is 5.60. The van der Waals surface area contributed by atoms with E-state index in [9.17, 15) is 9.90 Å². The summed E-state index contributed by atoms with van der Waals surface area (Å²) in [6.07, 6.45) is 0. The molecule has 0 bridgehead atoms. The molecule has 0 unspecified atom stereocenters. The smallest absolute Gasteiger partial charge is 0.272 e. The molecule has 0 aliphatic rings. The number of nitrogens with zero attached hydrogens (tertiary/aromatic N) is 2. The van der Waals surface area contributed by atoms with Crippen molar-refractivity contribution < 1.29 is 9.84 Å². The van der Waals surface area contributed by atoms with Crippen LogP contribution in [0.15, 0.2) is 35.1 Å². The molecule has 1 aromatic heterocycles. The number of aliphatic hydroxyl groups is 1. The maximum absolute atomic E-state index is 12.1. The molecule has 112 valence electrons. The zero-order chi connectivity index (χ0) is 15.6. The van der Waals surface area contributed by atoms with Crippen LogP contribution in [0.3, 0.4) is 0 Å². The van der Waals surface area contributed by atoms with Crippen molar-refractivity contribution in [3.63, 3.8) is 0 Å². The maximum Gasteiger partial charge on any atom is 0.272 e. The fourth-order valence-electron chi connectivity index (χ4n) is 2.08. The lowest BCUT2D eigenvalue weighted by Crippen LogP contribution is -2.32. The number of hydrogen-bond acceptors (Lipinski definition) is 4. The highest BCUT2D eigenvalue weighted by Gasteiger charge is 2.22. The summed E-state index contributed by atoms with van der Waals surface area (Å²) in [6, 6.07) is 9.11. The first-order valence-electron chi connectivity index (χ1n) is 6.87. The van der Waals surface area contributed by atoms with Crippen LogP contribution < -0.4 is 10.3 Å². The monoisotopic (exact) mass is 288 g/mol. The Bertz CT molecular complexity index is 682. The lowest BCUT2D eigenvalue weighted by atomic mass is 9.98. The number of hydrogen-bond donors (Lipinski definition) is 1. The van der Waals surface area contributed by atoms with Gasteiger partial charge in [-0.1, -0.05) is 0 Å². The zero-order valence-electron chi connectivity index (χ0n) is 12.8. The van der Waals surface area contributed by atoms with Gasteiger partial charge >= 0.3 is 0 Å². The van der Waals surface area contributed by atoms with E-state index in [1.54, 1.807) is 27.0 Å². The van der Waals surface area contributed by atoms with Gasteiger partial charge in [0.25, 0.3) is 5.56 Å². The van der Waals surface area contributed by atoms with E-state index in [0.717, 1.165) is 11.3 Å². The quantitative estimate of drug-likeness (QED) is 0.935. The van der Waals surface area contributed by atoms with Gasteiger partial charge in [0.2, 0.25) is 0 Å². The minimum atomic E-state index is -1.21. The van der Waals surface area contributed by atoms with E-state index in [4.69, 9.17) is 4.74 Å². The molecule has 0 aliphatic carbocycles. The second-order valence-corrected chi connectivity index (χ2v) is 5.39. The molecule has 1 heterocycles. The van der Waals surface area contributed by atoms with E-state index in [2.05, 4.69) is 5.10 Å². The van der Waals surface area contributed by atoms with Crippen molar-refractivity contribution in [2.75, 3.05) is 6.61 Å². The van der Waals surface area contributed by atoms with Gasteiger partial charge in [-0.15, -0.1) is 0 Å². The molecule has 2 aromatic rings. The molecule has 5 heteroatoms. The summed E-state index contributed by atoms with van der Waals surface area (Å²) < 4.78 is 6.65. The van der Waals surface area contributed by atoms with Crippen molar-refractivity contribution in [2.24, 2.45) is 7.05 Å². The Kier molecular flexibility index (Phi) is 4.14. The average Bonchev–Trinajstić information content (AvgIpc) is 2.41. The van der Waals surface area contributed by atoms with Crippen molar-refractivity contribution >= 4 is 0 Å². The predicted octanol–water partition coefficient (Wildman–Crippen LogP) is 2.07. The Morgan fingerprint density at radius 3 is 2.43 bits per heavy atom. The first-order chi connectivity index (χ1) is 9.82. The van der Waals surface area contributed by atoms with E-state index < -0.39 is 5.60 Å². The Morgan fingerprint density at radius 1 is 1.29 bits per heavy atom. The fraction of sp³-hybridized carbons (Fsp3) is 0.375. The molecule has 0 aliphatic heterocycles. The van der Waals surface area contributed by atoms with Gasteiger partial charge in [0.15, 0.2) is 0 Å². The van der Waals surface area contributed by atoms with Crippen LogP contribution in [0.25, 0.3) is 11.3 Å². The molecular weight excluding hydrogens is 268 g/mol. The summed E-state index contributed by atoms with van der Waals surface area (Å²) >= 11 is 0. The number of aromatic nitrogens is 2. The molecule has 0 spiro atoms. The zero-order valence-corrected chi connectivity index (χ0v) is 12.8. The molecule has 1 aromatic carbocycles. The third kappa shape index (κ3) is 3.31. The topological polar surface area (TPSA) is 64.3 Å². The van der Waals surface area contributed by atoms with Crippen LogP contribution in [-0.4, -0.2) is 21.5 Å². The number of aryl methyl sites for hydroxylation is 1. The van der Waals surface area contributed by atoms with Crippen molar-refractivity contribution in [2.45, 2.75) is 26.4 Å². The van der Waals surface area contributed by atoms with E-state index in [1.807, 2.05) is 31.2 Å². The lowest BCUT2D eigenvalue weighted by Gasteiger charge is -2.18. The summed E-state index contributed by atoms with van der Waals surface area (Å²) in [4.78, 5) is 12.1. The molecule has 5 nitrogen and oxygen atoms in total. The number of benzene rings is 1. The van der Waals surface area contributed by atoms with Crippen LogP contribution in [0.5, 0.6) is 5.75 Å². The Balaban J connectivity index is 2.49. The largest absolute Gasteiger partial charge is 0.494 e. The normalized spacial score (nSPS) is 11.5. The molecule has 0 saturated heterocycles. The second kappa shape index (κ2) is 5.69. The van der Waals surface area contributed by atoms with Gasteiger partial charge < -0.3 is 9.84 Å². The minimum absolute atomic E-state index is 0.294. The van der Waals surface area contributed by atoms with Gasteiger partial charge in [0, 0.05) is 12.6 Å². The van der Waals surface area contributed by atoms with Crippen LogP contribution in [0.1, 0.15) is 26.3 Å². The molecule has 0 fully saturated rings. The molecule has 0 radical (unpaired) electrons. The van der Waals surface area contributed by atoms with Gasteiger partial charge in [-0.3, -0.25) is 4.79 Å². The lowest BCUT2D eigenvalue weighted by molar-refractivity contribution is 0.0763. The van der Waals surface area contributed by atoms with E-state index in [1.165, 1.54) is 4.68 Å². The van der Waals surface area contributed by atoms with Crippen molar-refractivity contribution in [1.82, 2.24) is 9.78 Å². The van der Waals surface area contributed by atoms with E-state index >= 15 is 0 Å². The molecule has 0 saturated carbocycles. The molecule has 21 heavy (non-hydrogen) atoms. The van der Waals surface area contributed by atoms with Crippen LogP contribution >= 0.6 is 0 Å². The SMILES string of the molecule is CCOc1ccc(-c2cc(C(C)(C)O)c(=O)n(C)n2)cc1. The highest BCUT2D eigenvalue weighted by atomic mass is 16.5. The van der Waals surface area contributed by atoms with Gasteiger partial charge in [-0.05, 0) is 51.1 Å². The molecule has 0 amide bonds. The molecule has 0 atom stereocenters. The first-order valence-corrected chi connectivity index (χ1v) is 6.87. The van der Waals surface area contributed by atoms with Gasteiger partial charge in [-0.25, -0.2) is 4.68 Å². The standard InChI is InChI=1S/C16H20N2O3/c1-5-21-12-8-6-11(7-9-12)14-10-13(16(2,3)20)15(19)18(4)17-14/h6-10,20H,5H2,1-4H3. The Labute approximate surface area is 123 Å². The van der Waals surface area contributed by atoms with Crippen molar-refractivity contribution in [3.05, 3.63) is 46.2 Å². The number of ether oxygens (including phenoxy) is 1. The third-order valence-corrected chi connectivity index (χ3v) is 3.18. The minimum Gasteiger partial charge on any atom is -0.494 e. The van der Waals surface area contributed by atoms with Crippen molar-refractivity contribution in [3.8, 4) is 17.0 Å². The van der Waals surface area contributed by atoms with Crippen LogP contribution in [0.2, 0.25) is 0 Å². The number of rotatable bonds is 4. The summed E-state index contributed by atoms with van der Waals surface area (Å²) in [5, 5.41) is 14.4. The summed E-state index contributed by atoms with van der Waals surface area (Å²) in [7, 11) is 1.58. The Hall–Kier alpha value is -2.14. The van der Waals surface area contributed by atoms with Crippen LogP contribution in [0, 0.1) is 0 Å². The van der Waals surface area contributed by atoms with E-state index in [-0.39, 0.29) is 5.56 Å². The summed E-state index contributed by atoms with van der Waals surface area (Å²) in [5.41, 5.74) is 0.315. The first kappa shape index (κ1) is 15.3. The maximum atomic E-state index is 12.1. The van der Waals surface area contributed by atoms with Crippen LogP contribution in [0.4, 0.5) is 0 Å². The molecule has 1 N–H and O–H groups in total. The van der Waals surface area contributed by atoms with E-state index in [0.29, 0.717) is 17.9 Å². The predicted molar refractivity (Wildman–Crippen MR) is 81.3 cm³/mol. The van der Waals surface area contributed by atoms with Gasteiger partial charge in [0.1, 0.15) is 5.75 Å². The Morgan fingerprint density at radius 2 is 1.90 bits per heavy atom. The summed E-state index contributed by atoms with van der Waals surface area (Å²) in [5.74, 6) is 0.786. The summed E-state index contributed by atoms with van der Waals surface area (Å²) in [6.45, 7) is 5.72.